The number of nitrogens with one attached hydrogen (secondary N) is 2. The second kappa shape index (κ2) is 5.95. The van der Waals surface area contributed by atoms with Gasteiger partial charge in [-0.1, -0.05) is 17.7 Å². The zero-order valence-electron chi connectivity index (χ0n) is 9.00. The lowest BCUT2D eigenvalue weighted by molar-refractivity contribution is 0.0955. The van der Waals surface area contributed by atoms with Crippen LogP contribution < -0.4 is 22.1 Å². The molecule has 1 aromatic carbocycles. The largest absolute Gasteiger partial charge is 0.398 e. The van der Waals surface area contributed by atoms with Crippen molar-refractivity contribution in [2.75, 3.05) is 18.8 Å². The minimum absolute atomic E-state index is 0.230. The van der Waals surface area contributed by atoms with Crippen molar-refractivity contribution in [3.63, 3.8) is 0 Å². The van der Waals surface area contributed by atoms with Crippen molar-refractivity contribution in [1.29, 1.82) is 0 Å². The van der Waals surface area contributed by atoms with E-state index in [2.05, 4.69) is 10.6 Å². The molecule has 7 heteroatoms. The van der Waals surface area contributed by atoms with Crippen LogP contribution in [0.15, 0.2) is 18.2 Å². The smallest absolute Gasteiger partial charge is 0.312 e. The lowest BCUT2D eigenvalue weighted by Crippen LogP contribution is -2.37. The Morgan fingerprint density at radius 3 is 2.47 bits per heavy atom. The quantitative estimate of drug-likeness (QED) is 0.460. The van der Waals surface area contributed by atoms with Crippen molar-refractivity contribution < 1.29 is 9.59 Å². The van der Waals surface area contributed by atoms with Crippen LogP contribution in [0.1, 0.15) is 10.4 Å². The van der Waals surface area contributed by atoms with Crippen LogP contribution in [0.5, 0.6) is 0 Å². The molecule has 0 aliphatic carbocycles. The number of rotatable bonds is 4. The molecule has 6 nitrogen and oxygen atoms in total. The van der Waals surface area contributed by atoms with E-state index in [-0.39, 0.29) is 29.6 Å². The molecule has 0 radical (unpaired) electrons. The van der Waals surface area contributed by atoms with Crippen molar-refractivity contribution in [2.24, 2.45) is 5.73 Å². The number of urea groups is 1. The van der Waals surface area contributed by atoms with Crippen LogP contribution in [0.4, 0.5) is 10.5 Å². The number of carbonyl (C=O) groups is 2. The van der Waals surface area contributed by atoms with Gasteiger partial charge in [0.05, 0.1) is 10.6 Å². The molecule has 0 spiro atoms. The first-order valence-corrected chi connectivity index (χ1v) is 5.25. The number of carbonyl (C=O) groups excluding carboxylic acids is 2. The Kier molecular flexibility index (Phi) is 4.59. The van der Waals surface area contributed by atoms with E-state index in [0.29, 0.717) is 5.69 Å². The van der Waals surface area contributed by atoms with E-state index in [0.717, 1.165) is 0 Å². The van der Waals surface area contributed by atoms with Crippen molar-refractivity contribution >= 4 is 29.2 Å². The number of nitrogen functional groups attached to an aromatic ring is 1. The molecule has 0 unspecified atom stereocenters. The van der Waals surface area contributed by atoms with Gasteiger partial charge in [0.1, 0.15) is 0 Å². The Labute approximate surface area is 103 Å². The first kappa shape index (κ1) is 13.1. The van der Waals surface area contributed by atoms with Gasteiger partial charge in [-0.25, -0.2) is 4.79 Å². The second-order valence-corrected chi connectivity index (χ2v) is 3.66. The Morgan fingerprint density at radius 1 is 1.24 bits per heavy atom. The van der Waals surface area contributed by atoms with Crippen molar-refractivity contribution in [3.8, 4) is 0 Å². The summed E-state index contributed by atoms with van der Waals surface area (Å²) < 4.78 is 0. The maximum Gasteiger partial charge on any atom is 0.312 e. The van der Waals surface area contributed by atoms with Gasteiger partial charge >= 0.3 is 6.03 Å². The minimum atomic E-state index is -0.642. The highest BCUT2D eigenvalue weighted by Crippen LogP contribution is 2.21. The summed E-state index contributed by atoms with van der Waals surface area (Å²) in [5, 5.41) is 5.19. The monoisotopic (exact) mass is 256 g/mol. The Bertz CT molecular complexity index is 416. The van der Waals surface area contributed by atoms with E-state index in [1.165, 1.54) is 0 Å². The fourth-order valence-corrected chi connectivity index (χ4v) is 1.50. The van der Waals surface area contributed by atoms with Gasteiger partial charge in [-0.05, 0) is 12.1 Å². The molecular weight excluding hydrogens is 244 g/mol. The van der Waals surface area contributed by atoms with E-state index in [1.807, 2.05) is 0 Å². The van der Waals surface area contributed by atoms with Crippen molar-refractivity contribution in [2.45, 2.75) is 0 Å². The first-order chi connectivity index (χ1) is 8.02. The van der Waals surface area contributed by atoms with Crippen LogP contribution in [0.3, 0.4) is 0 Å². The highest BCUT2D eigenvalue weighted by Gasteiger charge is 2.12. The molecule has 0 atom stereocenters. The molecule has 0 bridgehead atoms. The maximum absolute atomic E-state index is 11.7. The molecule has 0 saturated carbocycles. The number of halogens is 1. The number of primary amides is 1. The summed E-state index contributed by atoms with van der Waals surface area (Å²) in [6.45, 7) is 0.484. The molecule has 0 saturated heterocycles. The topological polar surface area (TPSA) is 110 Å². The molecule has 1 aromatic rings. The minimum Gasteiger partial charge on any atom is -0.398 e. The molecule has 3 amide bonds. The number of anilines is 1. The summed E-state index contributed by atoms with van der Waals surface area (Å²) in [6.07, 6.45) is 0. The average molecular weight is 257 g/mol. The van der Waals surface area contributed by atoms with Gasteiger partial charge in [0, 0.05) is 18.8 Å². The standard InChI is InChI=1S/C10H13ClN4O2/c11-6-2-1-3-7(12)8(6)9(16)14-4-5-15-10(13)17/h1-3H,4-5,12H2,(H,14,16)(H3,13,15,17). The van der Waals surface area contributed by atoms with Crippen LogP contribution in [-0.4, -0.2) is 25.0 Å². The molecule has 0 fully saturated rings. The van der Waals surface area contributed by atoms with Gasteiger partial charge in [-0.2, -0.15) is 0 Å². The fourth-order valence-electron chi connectivity index (χ4n) is 1.23. The van der Waals surface area contributed by atoms with E-state index < -0.39 is 6.03 Å². The number of hydrogen-bond acceptors (Lipinski definition) is 3. The Morgan fingerprint density at radius 2 is 1.88 bits per heavy atom. The van der Waals surface area contributed by atoms with E-state index in [9.17, 15) is 9.59 Å². The SMILES string of the molecule is NC(=O)NCCNC(=O)c1c(N)cccc1Cl. The molecule has 92 valence electrons. The predicted octanol–water partition coefficient (Wildman–Crippen LogP) is 0.320. The van der Waals surface area contributed by atoms with Crippen molar-refractivity contribution in [3.05, 3.63) is 28.8 Å². The summed E-state index contributed by atoms with van der Waals surface area (Å²) >= 11 is 5.86. The predicted molar refractivity (Wildman–Crippen MR) is 65.8 cm³/mol. The normalized spacial score (nSPS) is 9.71. The van der Waals surface area contributed by atoms with Crippen LogP contribution in [0, 0.1) is 0 Å². The van der Waals surface area contributed by atoms with E-state index >= 15 is 0 Å². The molecule has 0 heterocycles. The molecule has 6 N–H and O–H groups in total. The number of amides is 3. The number of nitrogens with two attached hydrogens (primary N) is 2. The molecule has 0 aliphatic rings. The molecule has 1 rings (SSSR count). The summed E-state index contributed by atoms with van der Waals surface area (Å²) in [7, 11) is 0. The number of hydrogen-bond donors (Lipinski definition) is 4. The maximum atomic E-state index is 11.7. The van der Waals surface area contributed by atoms with Gasteiger partial charge in [-0.3, -0.25) is 4.79 Å². The van der Waals surface area contributed by atoms with Crippen molar-refractivity contribution in [1.82, 2.24) is 10.6 Å². The van der Waals surface area contributed by atoms with Crippen LogP contribution in [0.25, 0.3) is 0 Å². The third kappa shape index (κ3) is 3.84. The third-order valence-corrected chi connectivity index (χ3v) is 2.30. The zero-order valence-corrected chi connectivity index (χ0v) is 9.75. The lowest BCUT2D eigenvalue weighted by Gasteiger charge is -2.09. The molecule has 17 heavy (non-hydrogen) atoms. The van der Waals surface area contributed by atoms with Gasteiger partial charge < -0.3 is 22.1 Å². The van der Waals surface area contributed by atoms with Crippen LogP contribution in [-0.2, 0) is 0 Å². The van der Waals surface area contributed by atoms with E-state index in [4.69, 9.17) is 23.1 Å². The highest BCUT2D eigenvalue weighted by atomic mass is 35.5. The summed E-state index contributed by atoms with van der Waals surface area (Å²) in [6, 6.07) is 4.18. The summed E-state index contributed by atoms with van der Waals surface area (Å²) in [5.74, 6) is -0.389. The Balaban J connectivity index is 2.55. The average Bonchev–Trinajstić information content (AvgIpc) is 2.24. The first-order valence-electron chi connectivity index (χ1n) is 4.88. The van der Waals surface area contributed by atoms with Crippen LogP contribution >= 0.6 is 11.6 Å². The van der Waals surface area contributed by atoms with Gasteiger partial charge in [0.2, 0.25) is 0 Å². The van der Waals surface area contributed by atoms with Gasteiger partial charge in [-0.15, -0.1) is 0 Å². The second-order valence-electron chi connectivity index (χ2n) is 3.25. The number of benzene rings is 1. The summed E-state index contributed by atoms with van der Waals surface area (Å²) in [5.41, 5.74) is 11.0. The molecule has 0 aliphatic heterocycles. The van der Waals surface area contributed by atoms with E-state index in [1.54, 1.807) is 18.2 Å². The molecule has 0 aromatic heterocycles. The summed E-state index contributed by atoms with van der Waals surface area (Å²) in [4.78, 5) is 22.1. The highest BCUT2D eigenvalue weighted by molar-refractivity contribution is 6.34. The molecular formula is C10H13ClN4O2. The lowest BCUT2D eigenvalue weighted by atomic mass is 10.1. The zero-order chi connectivity index (χ0) is 12.8. The van der Waals surface area contributed by atoms with Gasteiger partial charge in [0.25, 0.3) is 5.91 Å². The van der Waals surface area contributed by atoms with Gasteiger partial charge in [0.15, 0.2) is 0 Å². The fraction of sp³-hybridized carbons (Fsp3) is 0.200. The Hall–Kier alpha value is -1.95. The third-order valence-electron chi connectivity index (χ3n) is 1.98. The van der Waals surface area contributed by atoms with Crippen LogP contribution in [0.2, 0.25) is 5.02 Å².